The van der Waals surface area contributed by atoms with Gasteiger partial charge in [-0.15, -0.1) is 13.2 Å². The fraction of sp³-hybridized carbons (Fsp3) is 0. The van der Waals surface area contributed by atoms with E-state index in [2.05, 4.69) is 71.8 Å². The average molecular weight is 526 g/mol. The number of nitrogens with zero attached hydrogens (tertiary/aromatic N) is 1. The van der Waals surface area contributed by atoms with E-state index < -0.39 is 5.71 Å². The summed E-state index contributed by atoms with van der Waals surface area (Å²) >= 11 is 8.52. The second kappa shape index (κ2) is 55.1. The van der Waals surface area contributed by atoms with Crippen LogP contribution in [0.2, 0.25) is 0 Å². The molecular weight excluding hydrogens is 510 g/mol. The van der Waals surface area contributed by atoms with Crippen LogP contribution in [0, 0.1) is 11.1 Å². The van der Waals surface area contributed by atoms with Crippen LogP contribution in [-0.4, -0.2) is 24.0 Å². The van der Waals surface area contributed by atoms with E-state index in [1.54, 1.807) is 15.1 Å². The van der Waals surface area contributed by atoms with Crippen LogP contribution in [0.3, 0.4) is 0 Å². The van der Waals surface area contributed by atoms with Gasteiger partial charge in [0, 0.05) is 47.1 Å². The van der Waals surface area contributed by atoms with Crippen molar-refractivity contribution < 1.29 is 11.3 Å². The van der Waals surface area contributed by atoms with Crippen molar-refractivity contribution in [3.8, 4) is 5.81 Å². The molecule has 0 saturated heterocycles. The molecule has 0 spiro atoms. The molecule has 0 aliphatic heterocycles. The molecule has 0 fully saturated rings. The summed E-state index contributed by atoms with van der Waals surface area (Å²) in [5.41, 5.74) is 3.89. The average Bonchev–Trinajstić information content (AvgIpc) is 2.09. The van der Waals surface area contributed by atoms with Gasteiger partial charge in [-0.2, -0.15) is 5.26 Å². The van der Waals surface area contributed by atoms with Crippen LogP contribution in [0.4, 0.5) is 4.79 Å². The number of thiocarbonyl (C=S) groups is 1. The topological polar surface area (TPSA) is 87.1 Å². The van der Waals surface area contributed by atoms with Crippen molar-refractivity contribution >= 4 is 96.0 Å². The molecule has 95 valence electrons. The van der Waals surface area contributed by atoms with Crippen LogP contribution in [-0.2, 0) is 0 Å². The third-order valence-electron chi connectivity index (χ3n) is 0. The normalized spacial score (nSPS) is 4.25. The standard InChI is InChI=1S/C2H4.CH4NPS.CH2NP.CH3O2P.B.I2.H2/c1-2;2-1(3)4;2-1-3;2-1(3)4;;1-2;/h1-2H2;3H2,(H2,2,4);3H2;4H2,(H,2,3);;;1H/i;;;;;;1+1. The van der Waals surface area contributed by atoms with E-state index in [1.807, 2.05) is 9.24 Å². The van der Waals surface area contributed by atoms with Gasteiger partial charge < -0.3 is 10.8 Å². The van der Waals surface area contributed by atoms with Gasteiger partial charge in [-0.25, -0.2) is 4.79 Å². The molecule has 0 rings (SSSR count). The van der Waals surface area contributed by atoms with Crippen molar-refractivity contribution in [2.75, 3.05) is 0 Å². The third-order valence-corrected chi connectivity index (χ3v) is 0. The Morgan fingerprint density at radius 2 is 1.50 bits per heavy atom. The molecule has 0 aliphatic carbocycles. The number of hydrogen-bond acceptors (Lipinski definition) is 3. The van der Waals surface area contributed by atoms with E-state index in [0.717, 1.165) is 0 Å². The van der Waals surface area contributed by atoms with E-state index in [1.165, 1.54) is 0 Å². The van der Waals surface area contributed by atoms with Crippen molar-refractivity contribution in [2.45, 2.75) is 0 Å². The van der Waals surface area contributed by atoms with Gasteiger partial charge in [0.1, 0.15) is 0 Å². The van der Waals surface area contributed by atoms with Gasteiger partial charge in [0.05, 0.1) is 10.5 Å². The Labute approximate surface area is 136 Å². The first-order valence-electron chi connectivity index (χ1n) is 2.65. The molecule has 0 amide bonds. The van der Waals surface area contributed by atoms with E-state index >= 15 is 0 Å². The summed E-state index contributed by atoms with van der Waals surface area (Å²) in [5.74, 6) is 1.67. The molecular formula is C5H15BI2N2O2P3S. The monoisotopic (exact) mass is 526 g/mol. The van der Waals surface area contributed by atoms with Crippen molar-refractivity contribution in [2.24, 2.45) is 5.73 Å². The van der Waals surface area contributed by atoms with Gasteiger partial charge in [0.2, 0.25) is 0 Å². The third kappa shape index (κ3) is 1620. The zero-order valence-electron chi connectivity index (χ0n) is 8.27. The number of rotatable bonds is 0. The number of carboxylic acid groups (broad SMARTS) is 1. The van der Waals surface area contributed by atoms with E-state index in [-0.39, 0.29) is 9.84 Å². The Balaban J connectivity index is -0.0000000148. The molecule has 11 heteroatoms. The number of carbonyl (C=O) groups is 1. The van der Waals surface area contributed by atoms with Crippen molar-refractivity contribution in [1.82, 2.24) is 0 Å². The molecule has 0 aliphatic rings. The molecule has 0 bridgehead atoms. The molecule has 0 heterocycles. The smallest absolute Gasteiger partial charge is 0.317 e. The maximum atomic E-state index is 8.96. The zero-order valence-corrected chi connectivity index (χ0v) is 16.9. The summed E-state index contributed by atoms with van der Waals surface area (Å²) in [6, 6.07) is 0. The maximum absolute atomic E-state index is 8.96. The van der Waals surface area contributed by atoms with Gasteiger partial charge in [-0.1, -0.05) is 21.5 Å². The molecule has 3 unspecified atom stereocenters. The summed E-state index contributed by atoms with van der Waals surface area (Å²) in [4.78, 5) is 8.96. The molecule has 0 aromatic heterocycles. The molecule has 0 aromatic carbocycles. The van der Waals surface area contributed by atoms with Gasteiger partial charge in [-0.05, 0) is 18.5 Å². The second-order valence-corrected chi connectivity index (χ2v) is 3.13. The summed E-state index contributed by atoms with van der Waals surface area (Å²) < 4.78 is 0.417. The minimum Gasteiger partial charge on any atom is -0.479 e. The Morgan fingerprint density at radius 3 is 1.50 bits per heavy atom. The molecule has 3 N–H and O–H groups in total. The zero-order chi connectivity index (χ0) is 13.9. The second-order valence-electron chi connectivity index (χ2n) is 0.870. The van der Waals surface area contributed by atoms with Gasteiger partial charge in [-0.3, -0.25) is 0 Å². The first kappa shape index (κ1) is 36.0. The van der Waals surface area contributed by atoms with E-state index in [4.69, 9.17) is 20.9 Å². The van der Waals surface area contributed by atoms with Gasteiger partial charge >= 0.3 is 5.71 Å². The van der Waals surface area contributed by atoms with Crippen LogP contribution in [0.15, 0.2) is 13.2 Å². The summed E-state index contributed by atoms with van der Waals surface area (Å²) in [5, 5.41) is 14.7. The molecule has 3 radical (unpaired) electrons. The Kier molecular flexibility index (Phi) is 124. The molecule has 3 atom stereocenters. The fourth-order valence-corrected chi connectivity index (χ4v) is 0. The van der Waals surface area contributed by atoms with Crippen LogP contribution in [0.5, 0.6) is 0 Å². The predicted molar refractivity (Wildman–Crippen MR) is 107 cm³/mol. The molecule has 16 heavy (non-hydrogen) atoms. The van der Waals surface area contributed by atoms with Crippen LogP contribution >= 0.6 is 77.2 Å². The first-order chi connectivity index (χ1) is 6.88. The minimum absolute atomic E-state index is 0. The lowest BCUT2D eigenvalue weighted by Crippen LogP contribution is -1.93. The lowest BCUT2D eigenvalue weighted by molar-refractivity contribution is 0.222. The summed E-state index contributed by atoms with van der Waals surface area (Å²) in [6.45, 7) is 6.00. The number of nitriles is 1. The van der Waals surface area contributed by atoms with E-state index in [0.29, 0.717) is 4.73 Å². The quantitative estimate of drug-likeness (QED) is 0.166. The highest BCUT2D eigenvalue weighted by atomic mass is 128. The minimum atomic E-state index is -0.917. The first-order valence-corrected chi connectivity index (χ1v) is 11.1. The Hall–Kier alpha value is 1.40. The molecule has 0 saturated carbocycles. The van der Waals surface area contributed by atoms with Crippen LogP contribution in [0.1, 0.15) is 1.43 Å². The van der Waals surface area contributed by atoms with Crippen LogP contribution in [0.25, 0.3) is 0 Å². The Bertz CT molecular complexity index is 171. The van der Waals surface area contributed by atoms with E-state index in [9.17, 15) is 0 Å². The van der Waals surface area contributed by atoms with Crippen molar-refractivity contribution in [3.05, 3.63) is 13.2 Å². The van der Waals surface area contributed by atoms with Crippen molar-refractivity contribution in [1.29, 1.82) is 5.26 Å². The lowest BCUT2D eigenvalue weighted by Gasteiger charge is -1.65. The number of hydrogen-bond donors (Lipinski definition) is 2. The highest BCUT2D eigenvalue weighted by Crippen LogP contribution is 1.89. The molecule has 4 nitrogen and oxygen atoms in total. The largest absolute Gasteiger partial charge is 0.479 e. The van der Waals surface area contributed by atoms with Crippen LogP contribution < -0.4 is 5.73 Å². The Morgan fingerprint density at radius 1 is 1.50 bits per heavy atom. The number of halogens is 2. The highest BCUT2D eigenvalue weighted by Gasteiger charge is 1.65. The fourth-order valence-electron chi connectivity index (χ4n) is 0. The maximum Gasteiger partial charge on any atom is 0.317 e. The summed E-state index contributed by atoms with van der Waals surface area (Å²) in [6.07, 6.45) is 0. The molecule has 0 aromatic rings. The number of nitrogens with two attached hydrogens (primary N) is 1. The lowest BCUT2D eigenvalue weighted by atomic mass is 10.8. The van der Waals surface area contributed by atoms with Gasteiger partial charge in [0.15, 0.2) is 0 Å². The van der Waals surface area contributed by atoms with Crippen molar-refractivity contribution in [3.63, 3.8) is 0 Å². The summed E-state index contributed by atoms with van der Waals surface area (Å²) in [7, 11) is 5.62. The predicted octanol–water partition coefficient (Wildman–Crippen LogP) is 3.43. The van der Waals surface area contributed by atoms with Gasteiger partial charge in [0.25, 0.3) is 0 Å². The SMILES string of the molecule is C=C.II.N#CP.NC(P)=S.O=C(O)P.[2HH].[B]. The highest BCUT2D eigenvalue weighted by molar-refractivity contribution is 15.0.